The van der Waals surface area contributed by atoms with Crippen LogP contribution in [-0.4, -0.2) is 105 Å². The van der Waals surface area contributed by atoms with Crippen molar-refractivity contribution in [2.75, 3.05) is 24.9 Å². The van der Waals surface area contributed by atoms with Gasteiger partial charge < -0.3 is 20.1 Å². The van der Waals surface area contributed by atoms with Gasteiger partial charge in [-0.3, -0.25) is 9.11 Å². The van der Waals surface area contributed by atoms with Crippen molar-refractivity contribution in [2.45, 2.75) is 16.7 Å². The molecule has 0 spiro atoms. The van der Waals surface area contributed by atoms with Crippen molar-refractivity contribution in [3.8, 4) is 11.5 Å². The van der Waals surface area contributed by atoms with E-state index in [4.69, 9.17) is 9.47 Å². The molecule has 0 fully saturated rings. The molecule has 4 aromatic carbocycles. The molecule has 2 amide bonds. The Morgan fingerprint density at radius 3 is 1.62 bits per heavy atom. The van der Waals surface area contributed by atoms with Crippen LogP contribution in [0.2, 0.25) is 0 Å². The number of rotatable bonds is 10. The van der Waals surface area contributed by atoms with E-state index in [1.54, 1.807) is 19.1 Å². The van der Waals surface area contributed by atoms with Crippen molar-refractivity contribution in [1.82, 2.24) is 0 Å². The first-order chi connectivity index (χ1) is 21.3. The molecular weight excluding hydrogens is 674 g/mol. The van der Waals surface area contributed by atoms with Gasteiger partial charge in [-0.2, -0.15) is 37.3 Å². The quantitative estimate of drug-likeness (QED) is 0.0837. The number of carbonyl (C=O) groups is 1. The van der Waals surface area contributed by atoms with Crippen LogP contribution in [0.5, 0.6) is 11.5 Å². The van der Waals surface area contributed by atoms with E-state index in [9.17, 15) is 30.7 Å². The summed E-state index contributed by atoms with van der Waals surface area (Å²) in [6.07, 6.45) is 0. The van der Waals surface area contributed by atoms with Crippen molar-refractivity contribution in [1.29, 1.82) is 0 Å². The van der Waals surface area contributed by atoms with Crippen LogP contribution in [0.15, 0.2) is 109 Å². The molecule has 2 radical (unpaired) electrons. The molecule has 0 bridgehead atoms. The SMILES string of the molecule is COc1cc(N=Nc2cccc(S(=O)(=O)O)c2)ccc1NC(=O)Nc1cc(C)c(N=Nc2cccc(S(=O)(=O)O)c2)cc1OC.[Na].[Na]. The average Bonchev–Trinajstić information content (AvgIpc) is 2.99. The summed E-state index contributed by atoms with van der Waals surface area (Å²) >= 11 is 0. The van der Waals surface area contributed by atoms with Gasteiger partial charge in [0.25, 0.3) is 20.2 Å². The normalized spacial score (nSPS) is 11.4. The third-order valence-electron chi connectivity index (χ3n) is 5.98. The molecule has 236 valence electrons. The van der Waals surface area contributed by atoms with Gasteiger partial charge in [-0.05, 0) is 67.1 Å². The molecule has 15 nitrogen and oxygen atoms in total. The Morgan fingerprint density at radius 2 is 1.11 bits per heavy atom. The monoisotopic (exact) mass is 700 g/mol. The Bertz CT molecular complexity index is 2040. The van der Waals surface area contributed by atoms with Crippen LogP contribution in [-0.2, 0) is 20.2 Å². The van der Waals surface area contributed by atoms with Gasteiger partial charge >= 0.3 is 6.03 Å². The number of nitrogens with zero attached hydrogens (tertiary/aromatic N) is 4. The van der Waals surface area contributed by atoms with Gasteiger partial charge in [0.05, 0.1) is 58.1 Å². The Morgan fingerprint density at radius 1 is 0.638 bits per heavy atom. The van der Waals surface area contributed by atoms with Gasteiger partial charge in [0.1, 0.15) is 11.5 Å². The molecule has 4 rings (SSSR count). The van der Waals surface area contributed by atoms with Crippen LogP contribution in [0.1, 0.15) is 5.56 Å². The van der Waals surface area contributed by atoms with E-state index in [1.807, 2.05) is 0 Å². The molecule has 0 heterocycles. The number of urea groups is 1. The molecule has 4 N–H and O–H groups in total. The van der Waals surface area contributed by atoms with Crippen LogP contribution in [0.3, 0.4) is 0 Å². The largest absolute Gasteiger partial charge is 0.494 e. The number of hydrogen-bond acceptors (Lipinski definition) is 11. The topological polar surface area (TPSA) is 218 Å². The van der Waals surface area contributed by atoms with E-state index in [-0.39, 0.29) is 91.8 Å². The molecular formula is C28H26N6Na2O9S2. The van der Waals surface area contributed by atoms with Crippen molar-refractivity contribution in [2.24, 2.45) is 20.5 Å². The number of hydrogen-bond donors (Lipinski definition) is 4. The zero-order chi connectivity index (χ0) is 32.8. The maximum absolute atomic E-state index is 12.9. The van der Waals surface area contributed by atoms with Crippen molar-refractivity contribution < 1.29 is 40.2 Å². The number of azo groups is 2. The Kier molecular flexibility index (Phi) is 14.7. The van der Waals surface area contributed by atoms with E-state index < -0.39 is 26.3 Å². The first-order valence-corrected chi connectivity index (χ1v) is 15.6. The van der Waals surface area contributed by atoms with Gasteiger partial charge in [-0.15, -0.1) is 0 Å². The zero-order valence-electron chi connectivity index (χ0n) is 25.9. The number of methoxy groups -OCH3 is 2. The number of anilines is 2. The Balaban J connectivity index is 0.00000384. The van der Waals surface area contributed by atoms with Crippen molar-refractivity contribution in [3.63, 3.8) is 0 Å². The van der Waals surface area contributed by atoms with E-state index in [2.05, 4.69) is 31.1 Å². The molecule has 0 aliphatic heterocycles. The molecule has 0 unspecified atom stereocenters. The zero-order valence-corrected chi connectivity index (χ0v) is 31.5. The maximum Gasteiger partial charge on any atom is 0.323 e. The average molecular weight is 701 g/mol. The fourth-order valence-electron chi connectivity index (χ4n) is 3.81. The minimum absolute atomic E-state index is 0. The summed E-state index contributed by atoms with van der Waals surface area (Å²) < 4.78 is 74.7. The van der Waals surface area contributed by atoms with Gasteiger partial charge in [0.15, 0.2) is 0 Å². The maximum atomic E-state index is 12.9. The van der Waals surface area contributed by atoms with Gasteiger partial charge in [0.2, 0.25) is 0 Å². The van der Waals surface area contributed by atoms with Gasteiger partial charge in [0, 0.05) is 71.2 Å². The van der Waals surface area contributed by atoms with Crippen molar-refractivity contribution in [3.05, 3.63) is 84.4 Å². The third kappa shape index (κ3) is 11.2. The first-order valence-electron chi connectivity index (χ1n) is 12.7. The van der Waals surface area contributed by atoms with Crippen molar-refractivity contribution >= 4 is 120 Å². The standard InChI is InChI=1S/C28H26N6O9S2.2Na/c1-17-12-25(27(43-3)16-24(17)34-33-19-7-5-9-22(14-19)45(39,40)41)30-28(35)29-23-11-10-20(15-26(23)42-2)32-31-18-6-4-8-21(13-18)44(36,37)38;;/h4-16H,1-3H3,(H2,29,30,35)(H,36,37,38)(H,39,40,41);;. The third-order valence-corrected chi connectivity index (χ3v) is 7.68. The molecule has 0 aromatic heterocycles. The molecule has 0 atom stereocenters. The van der Waals surface area contributed by atoms with Crippen LogP contribution < -0.4 is 20.1 Å². The second-order valence-electron chi connectivity index (χ2n) is 9.15. The number of nitrogens with one attached hydrogen (secondary N) is 2. The van der Waals surface area contributed by atoms with E-state index in [1.165, 1.54) is 74.9 Å². The van der Waals surface area contributed by atoms with E-state index >= 15 is 0 Å². The predicted molar refractivity (Wildman–Crippen MR) is 176 cm³/mol. The molecule has 47 heavy (non-hydrogen) atoms. The number of aryl methyl sites for hydroxylation is 1. The number of ether oxygens (including phenoxy) is 2. The summed E-state index contributed by atoms with van der Waals surface area (Å²) in [6.45, 7) is 1.72. The van der Waals surface area contributed by atoms with Crippen LogP contribution in [0.25, 0.3) is 0 Å². The summed E-state index contributed by atoms with van der Waals surface area (Å²) in [5.41, 5.74) is 2.32. The molecule has 4 aromatic rings. The molecule has 0 aliphatic rings. The number of amides is 2. The summed E-state index contributed by atoms with van der Waals surface area (Å²) in [7, 11) is -6.00. The van der Waals surface area contributed by atoms with Gasteiger partial charge in [-0.1, -0.05) is 12.1 Å². The summed E-state index contributed by atoms with van der Waals surface area (Å²) in [4.78, 5) is 12.2. The first kappa shape index (κ1) is 39.9. The van der Waals surface area contributed by atoms with E-state index in [0.717, 1.165) is 6.07 Å². The Labute approximate surface area is 315 Å². The molecule has 19 heteroatoms. The predicted octanol–water partition coefficient (Wildman–Crippen LogP) is 6.22. The fraction of sp³-hybridized carbons (Fsp3) is 0.107. The van der Waals surface area contributed by atoms with Crippen LogP contribution >= 0.6 is 0 Å². The number of carbonyl (C=O) groups excluding carboxylic acids is 1. The molecule has 0 aliphatic carbocycles. The second kappa shape index (κ2) is 17.3. The number of benzene rings is 4. The smallest absolute Gasteiger partial charge is 0.323 e. The Hall–Kier alpha value is -3.23. The summed E-state index contributed by atoms with van der Waals surface area (Å²) in [6, 6.07) is 17.7. The molecule has 0 saturated heterocycles. The molecule has 0 saturated carbocycles. The minimum atomic E-state index is -4.40. The van der Waals surface area contributed by atoms with E-state index in [0.29, 0.717) is 28.3 Å². The minimum Gasteiger partial charge on any atom is -0.494 e. The fourth-order valence-corrected chi connectivity index (χ4v) is 4.85. The second-order valence-corrected chi connectivity index (χ2v) is 12.0. The summed E-state index contributed by atoms with van der Waals surface area (Å²) in [5.74, 6) is 0.516. The van der Waals surface area contributed by atoms with Crippen LogP contribution in [0.4, 0.5) is 38.9 Å². The van der Waals surface area contributed by atoms with Gasteiger partial charge in [-0.25, -0.2) is 4.79 Å². The summed E-state index contributed by atoms with van der Waals surface area (Å²) in [5, 5.41) is 21.6. The van der Waals surface area contributed by atoms with Crippen LogP contribution in [0, 0.1) is 6.92 Å².